The second-order valence-electron chi connectivity index (χ2n) is 4.16. The van der Waals surface area contributed by atoms with Gasteiger partial charge in [0, 0.05) is 12.5 Å². The number of ether oxygens (including phenoxy) is 1. The van der Waals surface area contributed by atoms with E-state index in [0.717, 1.165) is 18.4 Å². The highest BCUT2D eigenvalue weighted by atomic mass is 32.1. The van der Waals surface area contributed by atoms with E-state index in [9.17, 15) is 4.79 Å². The summed E-state index contributed by atoms with van der Waals surface area (Å²) in [4.78, 5) is 11.5. The molecule has 1 saturated carbocycles. The third-order valence-electron chi connectivity index (χ3n) is 2.74. The number of hydrogen-bond donors (Lipinski definition) is 2. The van der Waals surface area contributed by atoms with E-state index in [1.165, 1.54) is 0 Å². The lowest BCUT2D eigenvalue weighted by Crippen LogP contribution is -2.30. The van der Waals surface area contributed by atoms with Crippen molar-refractivity contribution in [3.8, 4) is 0 Å². The summed E-state index contributed by atoms with van der Waals surface area (Å²) in [6.07, 6.45) is 1.86. The van der Waals surface area contributed by atoms with Gasteiger partial charge in [-0.3, -0.25) is 4.79 Å². The molecule has 4 nitrogen and oxygen atoms in total. The van der Waals surface area contributed by atoms with Crippen LogP contribution in [0.5, 0.6) is 0 Å². The van der Waals surface area contributed by atoms with Crippen LogP contribution in [0.1, 0.15) is 24.5 Å². The minimum atomic E-state index is -0.156. The zero-order valence-electron chi connectivity index (χ0n) is 9.59. The van der Waals surface area contributed by atoms with Crippen LogP contribution in [0.3, 0.4) is 0 Å². The Morgan fingerprint density at radius 3 is 3.06 bits per heavy atom. The molecule has 0 aliphatic heterocycles. The fourth-order valence-corrected chi connectivity index (χ4v) is 2.31. The number of nitrogens with one attached hydrogen (secondary N) is 1. The van der Waals surface area contributed by atoms with Crippen molar-refractivity contribution in [1.82, 2.24) is 5.32 Å². The number of aliphatic hydroxyl groups excluding tert-OH is 1. The van der Waals surface area contributed by atoms with Gasteiger partial charge in [-0.25, -0.2) is 0 Å². The van der Waals surface area contributed by atoms with Gasteiger partial charge in [-0.05, 0) is 35.2 Å². The predicted octanol–water partition coefficient (Wildman–Crippen LogP) is 1.32. The average molecular weight is 255 g/mol. The zero-order chi connectivity index (χ0) is 12.1. The first-order chi connectivity index (χ1) is 8.31. The molecule has 1 aromatic rings. The molecule has 1 aliphatic carbocycles. The molecule has 0 bridgehead atoms. The van der Waals surface area contributed by atoms with Crippen LogP contribution >= 0.6 is 11.3 Å². The van der Waals surface area contributed by atoms with Crippen molar-refractivity contribution in [2.45, 2.75) is 18.9 Å². The van der Waals surface area contributed by atoms with Crippen LogP contribution in [0, 0.1) is 5.92 Å². The SMILES string of the molecule is O=C(NCC(OCCO)c1ccsc1)C1CC1. The second-order valence-corrected chi connectivity index (χ2v) is 4.94. The summed E-state index contributed by atoms with van der Waals surface area (Å²) in [6.45, 7) is 0.767. The van der Waals surface area contributed by atoms with E-state index in [1.54, 1.807) is 11.3 Å². The largest absolute Gasteiger partial charge is 0.394 e. The quantitative estimate of drug-likeness (QED) is 0.772. The number of carbonyl (C=O) groups excluding carboxylic acids is 1. The topological polar surface area (TPSA) is 58.6 Å². The predicted molar refractivity (Wildman–Crippen MR) is 65.8 cm³/mol. The number of amides is 1. The van der Waals surface area contributed by atoms with Crippen molar-refractivity contribution in [3.63, 3.8) is 0 Å². The number of thiophene rings is 1. The molecule has 1 aliphatic rings. The van der Waals surface area contributed by atoms with Crippen LogP contribution in [0.25, 0.3) is 0 Å². The Morgan fingerprint density at radius 1 is 1.65 bits per heavy atom. The zero-order valence-corrected chi connectivity index (χ0v) is 10.4. The molecular formula is C12H17NO3S. The molecule has 94 valence electrons. The summed E-state index contributed by atoms with van der Waals surface area (Å²) in [5.41, 5.74) is 1.06. The van der Waals surface area contributed by atoms with Gasteiger partial charge in [0.1, 0.15) is 6.10 Å². The van der Waals surface area contributed by atoms with Gasteiger partial charge in [0.05, 0.1) is 13.2 Å². The van der Waals surface area contributed by atoms with Crippen LogP contribution in [0.2, 0.25) is 0 Å². The Kier molecular flexibility index (Phi) is 4.53. The molecule has 1 amide bonds. The van der Waals surface area contributed by atoms with Gasteiger partial charge in [0.15, 0.2) is 0 Å². The number of hydrogen-bond acceptors (Lipinski definition) is 4. The molecule has 0 aromatic carbocycles. The van der Waals surface area contributed by atoms with E-state index in [0.29, 0.717) is 13.2 Å². The minimum absolute atomic E-state index is 0.00277. The first-order valence-electron chi connectivity index (χ1n) is 5.83. The molecule has 1 aromatic heterocycles. The molecule has 1 fully saturated rings. The van der Waals surface area contributed by atoms with E-state index >= 15 is 0 Å². The molecule has 0 spiro atoms. The highest BCUT2D eigenvalue weighted by Crippen LogP contribution is 2.29. The third kappa shape index (κ3) is 3.80. The fraction of sp³-hybridized carbons (Fsp3) is 0.583. The van der Waals surface area contributed by atoms with Crippen LogP contribution in [0.4, 0.5) is 0 Å². The summed E-state index contributed by atoms with van der Waals surface area (Å²) in [7, 11) is 0. The Bertz CT molecular complexity index is 349. The van der Waals surface area contributed by atoms with Gasteiger partial charge >= 0.3 is 0 Å². The van der Waals surface area contributed by atoms with E-state index in [1.807, 2.05) is 16.8 Å². The number of aliphatic hydroxyl groups is 1. The first kappa shape index (κ1) is 12.5. The minimum Gasteiger partial charge on any atom is -0.394 e. The van der Waals surface area contributed by atoms with Crippen LogP contribution in [0.15, 0.2) is 16.8 Å². The van der Waals surface area contributed by atoms with Crippen molar-refractivity contribution in [3.05, 3.63) is 22.4 Å². The normalized spacial score (nSPS) is 16.8. The molecule has 1 heterocycles. The van der Waals surface area contributed by atoms with Crippen molar-refractivity contribution in [2.24, 2.45) is 5.92 Å². The summed E-state index contributed by atoms with van der Waals surface area (Å²) in [5.74, 6) is 0.341. The Balaban J connectivity index is 1.84. The van der Waals surface area contributed by atoms with Crippen molar-refractivity contribution in [1.29, 1.82) is 0 Å². The summed E-state index contributed by atoms with van der Waals surface area (Å²) in [5, 5.41) is 15.7. The lowest BCUT2D eigenvalue weighted by molar-refractivity contribution is -0.123. The molecule has 1 unspecified atom stereocenters. The molecule has 2 rings (SSSR count). The van der Waals surface area contributed by atoms with Crippen molar-refractivity contribution < 1.29 is 14.6 Å². The molecule has 0 saturated heterocycles. The first-order valence-corrected chi connectivity index (χ1v) is 6.78. The lowest BCUT2D eigenvalue weighted by atomic mass is 10.2. The summed E-state index contributed by atoms with van der Waals surface area (Å²) < 4.78 is 5.53. The van der Waals surface area contributed by atoms with Crippen LogP contribution in [-0.4, -0.2) is 30.8 Å². The van der Waals surface area contributed by atoms with Crippen LogP contribution < -0.4 is 5.32 Å². The maximum absolute atomic E-state index is 11.5. The molecule has 2 N–H and O–H groups in total. The van der Waals surface area contributed by atoms with E-state index in [4.69, 9.17) is 9.84 Å². The maximum atomic E-state index is 11.5. The van der Waals surface area contributed by atoms with Crippen molar-refractivity contribution >= 4 is 17.2 Å². The van der Waals surface area contributed by atoms with Gasteiger partial charge < -0.3 is 15.2 Å². The maximum Gasteiger partial charge on any atom is 0.223 e. The van der Waals surface area contributed by atoms with E-state index < -0.39 is 0 Å². The Labute approximate surface area is 105 Å². The summed E-state index contributed by atoms with van der Waals surface area (Å²) >= 11 is 1.60. The van der Waals surface area contributed by atoms with Gasteiger partial charge in [-0.1, -0.05) is 0 Å². The smallest absolute Gasteiger partial charge is 0.223 e. The average Bonchev–Trinajstić information content (AvgIpc) is 3.06. The highest BCUT2D eigenvalue weighted by Gasteiger charge is 2.29. The van der Waals surface area contributed by atoms with Gasteiger partial charge in [-0.2, -0.15) is 11.3 Å². The standard InChI is InChI=1S/C12H17NO3S/c14-4-5-16-11(10-3-6-17-8-10)7-13-12(15)9-1-2-9/h3,6,8-9,11,14H,1-2,4-5,7H2,(H,13,15). The lowest BCUT2D eigenvalue weighted by Gasteiger charge is -2.17. The van der Waals surface area contributed by atoms with E-state index in [-0.39, 0.29) is 24.5 Å². The Hall–Kier alpha value is -0.910. The van der Waals surface area contributed by atoms with Crippen molar-refractivity contribution in [2.75, 3.05) is 19.8 Å². The number of rotatable bonds is 7. The van der Waals surface area contributed by atoms with Gasteiger partial charge in [0.2, 0.25) is 5.91 Å². The third-order valence-corrected chi connectivity index (χ3v) is 3.44. The molecule has 0 radical (unpaired) electrons. The highest BCUT2D eigenvalue weighted by molar-refractivity contribution is 7.07. The summed E-state index contributed by atoms with van der Waals surface area (Å²) in [6, 6.07) is 1.98. The number of carbonyl (C=O) groups is 1. The van der Waals surface area contributed by atoms with Gasteiger partial charge in [-0.15, -0.1) is 0 Å². The van der Waals surface area contributed by atoms with E-state index in [2.05, 4.69) is 5.32 Å². The molecule has 1 atom stereocenters. The molecular weight excluding hydrogens is 238 g/mol. The molecule has 5 heteroatoms. The second kappa shape index (κ2) is 6.14. The molecule has 17 heavy (non-hydrogen) atoms. The van der Waals surface area contributed by atoms with Crippen LogP contribution in [-0.2, 0) is 9.53 Å². The Morgan fingerprint density at radius 2 is 2.47 bits per heavy atom. The monoisotopic (exact) mass is 255 g/mol. The fourth-order valence-electron chi connectivity index (χ4n) is 1.61. The van der Waals surface area contributed by atoms with Gasteiger partial charge in [0.25, 0.3) is 0 Å².